The minimum absolute atomic E-state index is 0.0501. The Morgan fingerprint density at radius 1 is 1.33 bits per heavy atom. The molecule has 7 nitrogen and oxygen atoms in total. The summed E-state index contributed by atoms with van der Waals surface area (Å²) < 4.78 is 30.6. The van der Waals surface area contributed by atoms with Crippen LogP contribution in [-0.4, -0.2) is 31.9 Å². The predicted octanol–water partition coefficient (Wildman–Crippen LogP) is 2.15. The maximum absolute atomic E-state index is 14.4. The molecule has 0 aliphatic heterocycles. The summed E-state index contributed by atoms with van der Waals surface area (Å²) in [6.45, 7) is 0. The predicted molar refractivity (Wildman–Crippen MR) is 83.0 cm³/mol. The zero-order valence-electron chi connectivity index (χ0n) is 13.4. The van der Waals surface area contributed by atoms with Gasteiger partial charge in [-0.05, 0) is 12.1 Å². The molecule has 0 radical (unpaired) electrons. The van der Waals surface area contributed by atoms with Gasteiger partial charge in [0, 0.05) is 20.4 Å². The second-order valence-electron chi connectivity index (χ2n) is 4.75. The number of hydrogen-bond donors (Lipinski definition) is 1. The summed E-state index contributed by atoms with van der Waals surface area (Å²) in [5, 5.41) is 9.16. The lowest BCUT2D eigenvalue weighted by Gasteiger charge is -2.20. The van der Waals surface area contributed by atoms with Gasteiger partial charge in [-0.15, -0.1) is 0 Å². The van der Waals surface area contributed by atoms with E-state index in [4.69, 9.17) is 25.2 Å². The Balaban J connectivity index is 2.81. The highest BCUT2D eigenvalue weighted by atomic mass is 19.1. The number of methoxy groups -OCH3 is 3. The number of nitriles is 1. The van der Waals surface area contributed by atoms with Crippen molar-refractivity contribution in [3.63, 3.8) is 0 Å². The van der Waals surface area contributed by atoms with Crippen molar-refractivity contribution in [2.45, 2.75) is 6.29 Å². The third kappa shape index (κ3) is 2.82. The maximum atomic E-state index is 14.4. The molecule has 0 saturated carbocycles. The van der Waals surface area contributed by atoms with E-state index in [-0.39, 0.29) is 28.2 Å². The summed E-state index contributed by atoms with van der Waals surface area (Å²) in [4.78, 5) is 12.1. The lowest BCUT2D eigenvalue weighted by molar-refractivity contribution is -0.107. The second kappa shape index (κ2) is 7.12. The van der Waals surface area contributed by atoms with Crippen molar-refractivity contribution in [3.8, 4) is 11.8 Å². The van der Waals surface area contributed by atoms with Gasteiger partial charge < -0.3 is 24.5 Å². The molecule has 2 rings (SSSR count). The van der Waals surface area contributed by atoms with E-state index in [0.29, 0.717) is 0 Å². The summed E-state index contributed by atoms with van der Waals surface area (Å²) in [5.74, 6) is -1.35. The van der Waals surface area contributed by atoms with Crippen LogP contribution in [0.3, 0.4) is 0 Å². The van der Waals surface area contributed by atoms with Crippen LogP contribution in [0.5, 0.6) is 0 Å². The standard InChI is InChI=1S/C16H16FN3O4/c1-22-15(21)14-13(19)9(7-18)8-20(14)11-6-4-5-10(17)12(11)16(23-2)24-3/h4-6,8,16H,19H2,1-3H3. The van der Waals surface area contributed by atoms with Crippen molar-refractivity contribution < 1.29 is 23.4 Å². The third-order valence-corrected chi connectivity index (χ3v) is 3.50. The van der Waals surface area contributed by atoms with E-state index in [0.717, 1.165) is 0 Å². The fraction of sp³-hybridized carbons (Fsp3) is 0.250. The fourth-order valence-corrected chi connectivity index (χ4v) is 2.41. The van der Waals surface area contributed by atoms with Crippen LogP contribution in [-0.2, 0) is 14.2 Å². The fourth-order valence-electron chi connectivity index (χ4n) is 2.41. The first-order chi connectivity index (χ1) is 11.5. The molecule has 24 heavy (non-hydrogen) atoms. The number of nitrogen functional groups attached to an aromatic ring is 1. The van der Waals surface area contributed by atoms with Crippen molar-refractivity contribution in [2.75, 3.05) is 27.1 Å². The van der Waals surface area contributed by atoms with Crippen LogP contribution in [0.15, 0.2) is 24.4 Å². The normalized spacial score (nSPS) is 10.7. The molecule has 126 valence electrons. The van der Waals surface area contributed by atoms with Crippen LogP contribution in [0.4, 0.5) is 10.1 Å². The number of carbonyl (C=O) groups is 1. The van der Waals surface area contributed by atoms with Crippen LogP contribution >= 0.6 is 0 Å². The molecule has 0 unspecified atom stereocenters. The van der Waals surface area contributed by atoms with Crippen LogP contribution in [0.2, 0.25) is 0 Å². The summed E-state index contributed by atoms with van der Waals surface area (Å²) in [7, 11) is 3.90. The number of anilines is 1. The number of carbonyl (C=O) groups excluding carboxylic acids is 1. The molecule has 0 atom stereocenters. The number of benzene rings is 1. The highest BCUT2D eigenvalue weighted by Crippen LogP contribution is 2.32. The quantitative estimate of drug-likeness (QED) is 0.665. The lowest BCUT2D eigenvalue weighted by Crippen LogP contribution is -2.15. The van der Waals surface area contributed by atoms with Gasteiger partial charge in [-0.1, -0.05) is 6.07 Å². The van der Waals surface area contributed by atoms with Crippen LogP contribution < -0.4 is 5.73 Å². The van der Waals surface area contributed by atoms with Gasteiger partial charge in [0.05, 0.1) is 29.6 Å². The number of esters is 1. The zero-order chi connectivity index (χ0) is 17.9. The molecule has 1 heterocycles. The number of ether oxygens (including phenoxy) is 3. The van der Waals surface area contributed by atoms with Gasteiger partial charge in [0.1, 0.15) is 11.9 Å². The molecule has 0 spiro atoms. The van der Waals surface area contributed by atoms with Gasteiger partial charge in [0.25, 0.3) is 0 Å². The molecule has 0 fully saturated rings. The van der Waals surface area contributed by atoms with E-state index < -0.39 is 18.1 Å². The number of halogens is 1. The summed E-state index contributed by atoms with van der Waals surface area (Å²) in [6.07, 6.45) is 0.322. The second-order valence-corrected chi connectivity index (χ2v) is 4.75. The number of rotatable bonds is 5. The molecule has 2 N–H and O–H groups in total. The van der Waals surface area contributed by atoms with Gasteiger partial charge in [0.15, 0.2) is 12.0 Å². The van der Waals surface area contributed by atoms with Gasteiger partial charge >= 0.3 is 5.97 Å². The number of nitrogens with two attached hydrogens (primary N) is 1. The molecule has 0 amide bonds. The van der Waals surface area contributed by atoms with Crippen LogP contribution in [0.1, 0.15) is 27.9 Å². The Hall–Kier alpha value is -2.89. The van der Waals surface area contributed by atoms with E-state index in [1.807, 2.05) is 6.07 Å². The molecule has 0 bridgehead atoms. The molecule has 2 aromatic rings. The van der Waals surface area contributed by atoms with Crippen molar-refractivity contribution in [1.29, 1.82) is 5.26 Å². The van der Waals surface area contributed by atoms with E-state index in [9.17, 15) is 9.18 Å². The molecule has 1 aromatic heterocycles. The monoisotopic (exact) mass is 333 g/mol. The Kier molecular flexibility index (Phi) is 5.18. The van der Waals surface area contributed by atoms with Crippen LogP contribution in [0.25, 0.3) is 5.69 Å². The van der Waals surface area contributed by atoms with Crippen molar-refractivity contribution >= 4 is 11.7 Å². The SMILES string of the molecule is COC(=O)c1c(N)c(C#N)cn1-c1cccc(F)c1C(OC)OC. The van der Waals surface area contributed by atoms with Crippen molar-refractivity contribution in [3.05, 3.63) is 47.0 Å². The zero-order valence-corrected chi connectivity index (χ0v) is 13.4. The van der Waals surface area contributed by atoms with E-state index in [2.05, 4.69) is 0 Å². The molecule has 8 heteroatoms. The first-order valence-corrected chi connectivity index (χ1v) is 6.83. The van der Waals surface area contributed by atoms with Gasteiger partial charge in [-0.2, -0.15) is 5.26 Å². The van der Waals surface area contributed by atoms with E-state index in [1.54, 1.807) is 6.07 Å². The van der Waals surface area contributed by atoms with Crippen molar-refractivity contribution in [1.82, 2.24) is 4.57 Å². The largest absolute Gasteiger partial charge is 0.464 e. The summed E-state index contributed by atoms with van der Waals surface area (Å²) in [5.41, 5.74) is 6.11. The Morgan fingerprint density at radius 3 is 2.54 bits per heavy atom. The minimum Gasteiger partial charge on any atom is -0.464 e. The Morgan fingerprint density at radius 2 is 2.00 bits per heavy atom. The highest BCUT2D eigenvalue weighted by molar-refractivity contribution is 5.96. The van der Waals surface area contributed by atoms with E-state index in [1.165, 1.54) is 44.2 Å². The lowest BCUT2D eigenvalue weighted by atomic mass is 10.1. The molecule has 0 saturated heterocycles. The highest BCUT2D eigenvalue weighted by Gasteiger charge is 2.26. The molecule has 0 aliphatic rings. The number of aromatic nitrogens is 1. The minimum atomic E-state index is -1.01. The molecular formula is C16H16FN3O4. The average molecular weight is 333 g/mol. The average Bonchev–Trinajstić information content (AvgIpc) is 2.93. The first-order valence-electron chi connectivity index (χ1n) is 6.83. The summed E-state index contributed by atoms with van der Waals surface area (Å²) in [6, 6.07) is 6.13. The Bertz CT molecular complexity index is 806. The number of hydrogen-bond acceptors (Lipinski definition) is 6. The van der Waals surface area contributed by atoms with E-state index >= 15 is 0 Å². The van der Waals surface area contributed by atoms with Gasteiger partial charge in [-0.25, -0.2) is 9.18 Å². The maximum Gasteiger partial charge on any atom is 0.357 e. The molecule has 1 aromatic carbocycles. The summed E-state index contributed by atoms with van der Waals surface area (Å²) >= 11 is 0. The Labute approximate surface area is 137 Å². The molecule has 0 aliphatic carbocycles. The first kappa shape index (κ1) is 17.5. The van der Waals surface area contributed by atoms with Crippen LogP contribution in [0, 0.1) is 17.1 Å². The van der Waals surface area contributed by atoms with Gasteiger partial charge in [0.2, 0.25) is 0 Å². The van der Waals surface area contributed by atoms with Crippen molar-refractivity contribution in [2.24, 2.45) is 0 Å². The topological polar surface area (TPSA) is 99.5 Å². The van der Waals surface area contributed by atoms with Gasteiger partial charge in [-0.3, -0.25) is 0 Å². The smallest absolute Gasteiger partial charge is 0.357 e. The number of nitrogens with zero attached hydrogens (tertiary/aromatic N) is 2. The third-order valence-electron chi connectivity index (χ3n) is 3.50. The molecular weight excluding hydrogens is 317 g/mol.